The fourth-order valence-corrected chi connectivity index (χ4v) is 2.74. The van der Waals surface area contributed by atoms with Crippen LogP contribution in [0.4, 0.5) is 13.2 Å². The van der Waals surface area contributed by atoms with Crippen molar-refractivity contribution in [3.63, 3.8) is 0 Å². The molecule has 128 valence electrons. The number of hydrogen-bond acceptors (Lipinski definition) is 3. The quantitative estimate of drug-likeness (QED) is 0.475. The Labute approximate surface area is 142 Å². The molecule has 1 aromatic carbocycles. The van der Waals surface area contributed by atoms with Crippen molar-refractivity contribution in [3.05, 3.63) is 41.0 Å². The van der Waals surface area contributed by atoms with Crippen molar-refractivity contribution in [2.75, 3.05) is 13.1 Å². The molecule has 1 aliphatic rings. The predicted octanol–water partition coefficient (Wildman–Crippen LogP) is 3.08. The number of carbonyl (C=O) groups is 2. The third-order valence-electron chi connectivity index (χ3n) is 3.59. The van der Waals surface area contributed by atoms with E-state index in [0.717, 1.165) is 12.1 Å². The lowest BCUT2D eigenvalue weighted by Gasteiger charge is -2.35. The standard InChI is InChI=1S/C16H15F3N2O2S/c1-3-20-13(22)12(14(23)21(4-2)15(20)24)9-10-5-7-11(8-6-10)16(17,18)19/h5-9H,3-4H2,1-2H3. The summed E-state index contributed by atoms with van der Waals surface area (Å²) in [6.45, 7) is 4.05. The fourth-order valence-electron chi connectivity index (χ4n) is 2.32. The first-order valence-electron chi connectivity index (χ1n) is 7.27. The van der Waals surface area contributed by atoms with Crippen LogP contribution >= 0.6 is 12.2 Å². The SMILES string of the molecule is CCN1C(=O)C(=Cc2ccc(C(F)(F)F)cc2)C(=O)N(CC)C1=S. The molecular formula is C16H15F3N2O2S. The van der Waals surface area contributed by atoms with E-state index in [4.69, 9.17) is 12.2 Å². The molecular weight excluding hydrogens is 341 g/mol. The zero-order chi connectivity index (χ0) is 18.1. The Morgan fingerprint density at radius 1 is 1.00 bits per heavy atom. The fraction of sp³-hybridized carbons (Fsp3) is 0.312. The lowest BCUT2D eigenvalue weighted by atomic mass is 10.0. The van der Waals surface area contributed by atoms with Gasteiger partial charge in [0.1, 0.15) is 5.57 Å². The molecule has 1 heterocycles. The first-order valence-corrected chi connectivity index (χ1v) is 7.68. The number of nitrogens with zero attached hydrogens (tertiary/aromatic N) is 2. The molecule has 2 rings (SSSR count). The monoisotopic (exact) mass is 356 g/mol. The zero-order valence-corrected chi connectivity index (χ0v) is 13.9. The molecule has 4 nitrogen and oxygen atoms in total. The van der Waals surface area contributed by atoms with Crippen molar-refractivity contribution in [2.45, 2.75) is 20.0 Å². The molecule has 1 saturated heterocycles. The molecule has 1 fully saturated rings. The van der Waals surface area contributed by atoms with Crippen LogP contribution in [-0.2, 0) is 15.8 Å². The molecule has 24 heavy (non-hydrogen) atoms. The summed E-state index contributed by atoms with van der Waals surface area (Å²) in [6.07, 6.45) is -3.15. The van der Waals surface area contributed by atoms with E-state index in [0.29, 0.717) is 18.7 Å². The molecule has 2 amide bonds. The van der Waals surface area contributed by atoms with E-state index < -0.39 is 23.6 Å². The summed E-state index contributed by atoms with van der Waals surface area (Å²) in [5, 5.41) is 0.138. The van der Waals surface area contributed by atoms with E-state index in [1.54, 1.807) is 13.8 Å². The van der Waals surface area contributed by atoms with Gasteiger partial charge in [-0.15, -0.1) is 0 Å². The third kappa shape index (κ3) is 3.33. The smallest absolute Gasteiger partial charge is 0.285 e. The number of hydrogen-bond donors (Lipinski definition) is 0. The molecule has 1 aliphatic heterocycles. The minimum atomic E-state index is -4.44. The topological polar surface area (TPSA) is 40.6 Å². The molecule has 0 radical (unpaired) electrons. The Morgan fingerprint density at radius 2 is 1.46 bits per heavy atom. The Balaban J connectivity index is 2.41. The number of alkyl halides is 3. The molecule has 0 atom stereocenters. The molecule has 1 aromatic rings. The second-order valence-electron chi connectivity index (χ2n) is 5.06. The molecule has 0 aromatic heterocycles. The minimum absolute atomic E-state index is 0.118. The van der Waals surface area contributed by atoms with Gasteiger partial charge in [0.15, 0.2) is 5.11 Å². The largest absolute Gasteiger partial charge is 0.416 e. The van der Waals surface area contributed by atoms with Crippen LogP contribution in [0.25, 0.3) is 6.08 Å². The van der Waals surface area contributed by atoms with Crippen LogP contribution in [0.3, 0.4) is 0 Å². The van der Waals surface area contributed by atoms with Crippen molar-refractivity contribution in [2.24, 2.45) is 0 Å². The van der Waals surface area contributed by atoms with Crippen LogP contribution in [0.1, 0.15) is 25.0 Å². The summed E-state index contributed by atoms with van der Waals surface area (Å²) in [4.78, 5) is 27.4. The second-order valence-corrected chi connectivity index (χ2v) is 5.42. The van der Waals surface area contributed by atoms with Gasteiger partial charge >= 0.3 is 6.18 Å². The van der Waals surface area contributed by atoms with Crippen LogP contribution in [0.15, 0.2) is 29.8 Å². The maximum Gasteiger partial charge on any atom is 0.416 e. The number of halogens is 3. The average Bonchev–Trinajstić information content (AvgIpc) is 2.52. The normalized spacial score (nSPS) is 16.0. The highest BCUT2D eigenvalue weighted by Crippen LogP contribution is 2.29. The first kappa shape index (κ1) is 18.1. The van der Waals surface area contributed by atoms with Crippen LogP contribution in [0.5, 0.6) is 0 Å². The van der Waals surface area contributed by atoms with Gasteiger partial charge in [-0.1, -0.05) is 12.1 Å². The van der Waals surface area contributed by atoms with Crippen LogP contribution in [-0.4, -0.2) is 39.8 Å². The van der Waals surface area contributed by atoms with Crippen LogP contribution in [0, 0.1) is 0 Å². The molecule has 0 spiro atoms. The molecule has 8 heteroatoms. The summed E-state index contributed by atoms with van der Waals surface area (Å²) in [5.74, 6) is -1.09. The maximum absolute atomic E-state index is 12.6. The number of amides is 2. The van der Waals surface area contributed by atoms with E-state index in [9.17, 15) is 22.8 Å². The maximum atomic E-state index is 12.6. The lowest BCUT2D eigenvalue weighted by molar-refractivity contribution is -0.137. The van der Waals surface area contributed by atoms with E-state index in [1.165, 1.54) is 28.0 Å². The van der Waals surface area contributed by atoms with Gasteiger partial charge in [-0.3, -0.25) is 19.4 Å². The van der Waals surface area contributed by atoms with Gasteiger partial charge < -0.3 is 0 Å². The molecule has 0 saturated carbocycles. The summed E-state index contributed by atoms with van der Waals surface area (Å²) in [5.41, 5.74) is -0.579. The second kappa shape index (κ2) is 6.72. The van der Waals surface area contributed by atoms with Crippen molar-refractivity contribution < 1.29 is 22.8 Å². The number of likely N-dealkylation sites (N-methyl/N-ethyl adjacent to an activating group) is 2. The highest BCUT2D eigenvalue weighted by molar-refractivity contribution is 7.80. The van der Waals surface area contributed by atoms with Gasteiger partial charge in [-0.25, -0.2) is 0 Å². The van der Waals surface area contributed by atoms with Crippen molar-refractivity contribution in [1.82, 2.24) is 9.80 Å². The van der Waals surface area contributed by atoms with E-state index >= 15 is 0 Å². The number of benzene rings is 1. The van der Waals surface area contributed by atoms with E-state index in [-0.39, 0.29) is 10.7 Å². The number of rotatable bonds is 3. The third-order valence-corrected chi connectivity index (χ3v) is 4.04. The summed E-state index contributed by atoms with van der Waals surface area (Å²) in [7, 11) is 0. The molecule has 0 N–H and O–H groups in total. The molecule has 0 aliphatic carbocycles. The minimum Gasteiger partial charge on any atom is -0.285 e. The van der Waals surface area contributed by atoms with Gasteiger partial charge in [-0.2, -0.15) is 13.2 Å². The Bertz CT molecular complexity index is 683. The molecule has 0 bridgehead atoms. The Hall–Kier alpha value is -2.22. The van der Waals surface area contributed by atoms with Crippen molar-refractivity contribution >= 4 is 35.2 Å². The Morgan fingerprint density at radius 3 is 1.83 bits per heavy atom. The highest BCUT2D eigenvalue weighted by atomic mass is 32.1. The van der Waals surface area contributed by atoms with E-state index in [2.05, 4.69) is 0 Å². The summed E-state index contributed by atoms with van der Waals surface area (Å²) in [6, 6.07) is 4.25. The summed E-state index contributed by atoms with van der Waals surface area (Å²) < 4.78 is 37.8. The van der Waals surface area contributed by atoms with Crippen LogP contribution < -0.4 is 0 Å². The number of thiocarbonyl (C=S) groups is 1. The van der Waals surface area contributed by atoms with Gasteiger partial charge in [-0.05, 0) is 49.8 Å². The average molecular weight is 356 g/mol. The van der Waals surface area contributed by atoms with Gasteiger partial charge in [0.2, 0.25) is 0 Å². The highest BCUT2D eigenvalue weighted by Gasteiger charge is 2.37. The summed E-state index contributed by atoms with van der Waals surface area (Å²) >= 11 is 5.13. The van der Waals surface area contributed by atoms with Crippen LogP contribution in [0.2, 0.25) is 0 Å². The first-order chi connectivity index (χ1) is 11.2. The van der Waals surface area contributed by atoms with E-state index in [1.807, 2.05) is 0 Å². The van der Waals surface area contributed by atoms with Gasteiger partial charge in [0.25, 0.3) is 11.8 Å². The van der Waals surface area contributed by atoms with Crippen molar-refractivity contribution in [1.29, 1.82) is 0 Å². The van der Waals surface area contributed by atoms with Gasteiger partial charge in [0, 0.05) is 13.1 Å². The Kier molecular flexibility index (Phi) is 5.08. The lowest BCUT2D eigenvalue weighted by Crippen LogP contribution is -2.55. The molecule has 0 unspecified atom stereocenters. The number of carbonyl (C=O) groups excluding carboxylic acids is 2. The van der Waals surface area contributed by atoms with Gasteiger partial charge in [0.05, 0.1) is 5.56 Å². The van der Waals surface area contributed by atoms with Crippen molar-refractivity contribution in [3.8, 4) is 0 Å². The predicted molar refractivity (Wildman–Crippen MR) is 86.8 cm³/mol. The zero-order valence-electron chi connectivity index (χ0n) is 13.1.